The van der Waals surface area contributed by atoms with E-state index in [1.54, 1.807) is 0 Å². The van der Waals surface area contributed by atoms with Crippen LogP contribution in [0.4, 0.5) is 0 Å². The molecule has 0 bridgehead atoms. The Bertz CT molecular complexity index is 471. The van der Waals surface area contributed by atoms with Crippen molar-refractivity contribution in [2.24, 2.45) is 0 Å². The lowest BCUT2D eigenvalue weighted by Gasteiger charge is -2.41. The highest BCUT2D eigenvalue weighted by Crippen LogP contribution is 2.30. The maximum Gasteiger partial charge on any atom is 0.0750 e. The van der Waals surface area contributed by atoms with Crippen LogP contribution in [0.3, 0.4) is 0 Å². The molecule has 0 radical (unpaired) electrons. The van der Waals surface area contributed by atoms with E-state index >= 15 is 0 Å². The normalized spacial score (nSPS) is 27.0. The summed E-state index contributed by atoms with van der Waals surface area (Å²) in [4.78, 5) is 2.53. The summed E-state index contributed by atoms with van der Waals surface area (Å²) in [5, 5.41) is 1.37. The van der Waals surface area contributed by atoms with Crippen LogP contribution in [0.25, 0.3) is 0 Å². The molecule has 0 spiro atoms. The van der Waals surface area contributed by atoms with E-state index in [-0.39, 0.29) is 6.10 Å². The molecule has 122 valence electrons. The second-order valence-electron chi connectivity index (χ2n) is 6.05. The van der Waals surface area contributed by atoms with Crippen LogP contribution in [0.15, 0.2) is 18.2 Å². The molecule has 0 aromatic heterocycles. The molecule has 0 amide bonds. The van der Waals surface area contributed by atoms with Crippen molar-refractivity contribution >= 4 is 23.2 Å². The van der Waals surface area contributed by atoms with Crippen molar-refractivity contribution in [3.8, 4) is 0 Å². The van der Waals surface area contributed by atoms with Gasteiger partial charge in [-0.2, -0.15) is 0 Å². The van der Waals surface area contributed by atoms with Crippen LogP contribution in [0.5, 0.6) is 0 Å². The highest BCUT2D eigenvalue weighted by molar-refractivity contribution is 6.35. The van der Waals surface area contributed by atoms with Crippen molar-refractivity contribution in [1.82, 2.24) is 4.90 Å². The van der Waals surface area contributed by atoms with Gasteiger partial charge in [-0.05, 0) is 25.0 Å². The Morgan fingerprint density at radius 3 is 2.50 bits per heavy atom. The molecule has 3 rings (SSSR count). The molecule has 0 unspecified atom stereocenters. The summed E-state index contributed by atoms with van der Waals surface area (Å²) in [6.07, 6.45) is 5.11. The van der Waals surface area contributed by atoms with Crippen molar-refractivity contribution in [3.63, 3.8) is 0 Å². The van der Waals surface area contributed by atoms with Crippen LogP contribution in [0, 0.1) is 0 Å². The molecule has 1 aromatic rings. The molecule has 1 saturated heterocycles. The van der Waals surface area contributed by atoms with Crippen LogP contribution in [0.1, 0.15) is 31.2 Å². The smallest absolute Gasteiger partial charge is 0.0750 e. The number of rotatable bonds is 4. The highest BCUT2D eigenvalue weighted by Gasteiger charge is 2.31. The van der Waals surface area contributed by atoms with Crippen LogP contribution >= 0.6 is 23.2 Å². The fraction of sp³-hybridized carbons (Fsp3) is 0.647. The predicted molar refractivity (Wildman–Crippen MR) is 89.7 cm³/mol. The van der Waals surface area contributed by atoms with Crippen LogP contribution in [-0.2, 0) is 16.1 Å². The number of hydrogen-bond acceptors (Lipinski definition) is 3. The molecule has 22 heavy (non-hydrogen) atoms. The van der Waals surface area contributed by atoms with E-state index in [1.807, 2.05) is 18.2 Å². The van der Waals surface area contributed by atoms with E-state index in [2.05, 4.69) is 4.90 Å². The van der Waals surface area contributed by atoms with Gasteiger partial charge in [0.1, 0.15) is 0 Å². The summed E-state index contributed by atoms with van der Waals surface area (Å²) in [6.45, 7) is 4.18. The zero-order chi connectivity index (χ0) is 15.4. The van der Waals surface area contributed by atoms with Gasteiger partial charge in [0.25, 0.3) is 0 Å². The molecule has 1 heterocycles. The molecule has 3 nitrogen and oxygen atoms in total. The number of nitrogens with zero attached hydrogens (tertiary/aromatic N) is 1. The third-order valence-electron chi connectivity index (χ3n) is 4.69. The molecule has 1 saturated carbocycles. The molecule has 1 aromatic carbocycles. The van der Waals surface area contributed by atoms with Gasteiger partial charge < -0.3 is 9.47 Å². The standard InChI is InChI=1S/C17H23Cl2NO2/c18-14-4-3-5-15(19)13(14)12-22-17-7-2-1-6-16(17)20-8-10-21-11-9-20/h3-5,16-17H,1-2,6-12H2/t16-,17-/m0/s1. The minimum Gasteiger partial charge on any atom is -0.379 e. The molecule has 2 aliphatic rings. The number of halogens is 2. The Morgan fingerprint density at radius 2 is 1.77 bits per heavy atom. The first-order valence-electron chi connectivity index (χ1n) is 8.12. The first kappa shape index (κ1) is 16.5. The number of morpholine rings is 1. The second kappa shape index (κ2) is 7.98. The van der Waals surface area contributed by atoms with Gasteiger partial charge in [-0.15, -0.1) is 0 Å². The maximum absolute atomic E-state index is 6.25. The molecule has 1 aliphatic carbocycles. The fourth-order valence-electron chi connectivity index (χ4n) is 3.46. The second-order valence-corrected chi connectivity index (χ2v) is 6.86. The Kier molecular flexibility index (Phi) is 6.00. The summed E-state index contributed by atoms with van der Waals surface area (Å²) >= 11 is 12.5. The third kappa shape index (κ3) is 3.95. The van der Waals surface area contributed by atoms with Crippen molar-refractivity contribution in [3.05, 3.63) is 33.8 Å². The van der Waals surface area contributed by atoms with Gasteiger partial charge in [0.15, 0.2) is 0 Å². The van der Waals surface area contributed by atoms with E-state index in [9.17, 15) is 0 Å². The fourth-order valence-corrected chi connectivity index (χ4v) is 3.97. The summed E-state index contributed by atoms with van der Waals surface area (Å²) in [6, 6.07) is 6.10. The number of benzene rings is 1. The van der Waals surface area contributed by atoms with E-state index in [0.29, 0.717) is 22.7 Å². The van der Waals surface area contributed by atoms with Gasteiger partial charge in [0.05, 0.1) is 25.9 Å². The lowest BCUT2D eigenvalue weighted by atomic mass is 9.91. The van der Waals surface area contributed by atoms with Crippen molar-refractivity contribution in [2.75, 3.05) is 26.3 Å². The van der Waals surface area contributed by atoms with Crippen LogP contribution in [0.2, 0.25) is 10.0 Å². The van der Waals surface area contributed by atoms with Crippen molar-refractivity contribution in [1.29, 1.82) is 0 Å². The summed E-state index contributed by atoms with van der Waals surface area (Å²) < 4.78 is 11.7. The number of ether oxygens (including phenoxy) is 2. The third-order valence-corrected chi connectivity index (χ3v) is 5.39. The van der Waals surface area contributed by atoms with Gasteiger partial charge in [-0.3, -0.25) is 4.90 Å². The Hall–Kier alpha value is -0.320. The zero-order valence-corrected chi connectivity index (χ0v) is 14.3. The van der Waals surface area contributed by atoms with Gasteiger partial charge >= 0.3 is 0 Å². The highest BCUT2D eigenvalue weighted by atomic mass is 35.5. The van der Waals surface area contributed by atoms with E-state index < -0.39 is 0 Å². The molecular formula is C17H23Cl2NO2. The lowest BCUT2D eigenvalue weighted by Crippen LogP contribution is -2.51. The summed E-state index contributed by atoms with van der Waals surface area (Å²) in [5.74, 6) is 0. The Morgan fingerprint density at radius 1 is 1.09 bits per heavy atom. The molecule has 1 aliphatic heterocycles. The average Bonchev–Trinajstić information content (AvgIpc) is 2.56. The minimum atomic E-state index is 0.263. The van der Waals surface area contributed by atoms with E-state index in [0.717, 1.165) is 38.3 Å². The average molecular weight is 344 g/mol. The zero-order valence-electron chi connectivity index (χ0n) is 12.8. The van der Waals surface area contributed by atoms with Gasteiger partial charge in [0, 0.05) is 34.7 Å². The first-order chi connectivity index (χ1) is 10.8. The molecule has 2 atom stereocenters. The van der Waals surface area contributed by atoms with Crippen molar-refractivity contribution < 1.29 is 9.47 Å². The monoisotopic (exact) mass is 343 g/mol. The van der Waals surface area contributed by atoms with Crippen LogP contribution in [-0.4, -0.2) is 43.3 Å². The van der Waals surface area contributed by atoms with E-state index in [4.69, 9.17) is 32.7 Å². The van der Waals surface area contributed by atoms with Crippen molar-refractivity contribution in [2.45, 2.75) is 44.4 Å². The van der Waals surface area contributed by atoms with Gasteiger partial charge in [-0.1, -0.05) is 42.1 Å². The Balaban J connectivity index is 1.64. The van der Waals surface area contributed by atoms with Gasteiger partial charge in [-0.25, -0.2) is 0 Å². The molecule has 0 N–H and O–H groups in total. The van der Waals surface area contributed by atoms with E-state index in [1.165, 1.54) is 19.3 Å². The topological polar surface area (TPSA) is 21.7 Å². The quantitative estimate of drug-likeness (QED) is 0.819. The maximum atomic E-state index is 6.25. The number of hydrogen-bond donors (Lipinski definition) is 0. The SMILES string of the molecule is Clc1cccc(Cl)c1CO[C@H]1CCCC[C@@H]1N1CCOCC1. The summed E-state index contributed by atoms with van der Waals surface area (Å²) in [7, 11) is 0. The Labute approximate surface area is 142 Å². The molecular weight excluding hydrogens is 321 g/mol. The first-order valence-corrected chi connectivity index (χ1v) is 8.87. The van der Waals surface area contributed by atoms with Crippen LogP contribution < -0.4 is 0 Å². The molecule has 5 heteroatoms. The van der Waals surface area contributed by atoms with Gasteiger partial charge in [0.2, 0.25) is 0 Å². The molecule has 2 fully saturated rings. The predicted octanol–water partition coefficient (Wildman–Crippen LogP) is 4.15. The lowest BCUT2D eigenvalue weighted by molar-refractivity contribution is -0.0709. The minimum absolute atomic E-state index is 0.263. The summed E-state index contributed by atoms with van der Waals surface area (Å²) in [5.41, 5.74) is 0.900. The largest absolute Gasteiger partial charge is 0.379 e.